The van der Waals surface area contributed by atoms with Gasteiger partial charge >= 0.3 is 6.16 Å². The lowest BCUT2D eigenvalue weighted by atomic mass is 9.80. The Balaban J connectivity index is 1.88. The Labute approximate surface area is 92.4 Å². The molecule has 1 N–H and O–H groups in total. The maximum atomic E-state index is 10.7. The van der Waals surface area contributed by atoms with Gasteiger partial charge in [0.05, 0.1) is 12.2 Å². The number of hydrogen-bond acceptors (Lipinski definition) is 5. The van der Waals surface area contributed by atoms with Crippen LogP contribution in [0.5, 0.6) is 0 Å². The first kappa shape index (κ1) is 11.0. The van der Waals surface area contributed by atoms with Crippen LogP contribution in [0.25, 0.3) is 0 Å². The fourth-order valence-electron chi connectivity index (χ4n) is 2.54. The molecule has 0 spiro atoms. The second-order valence-corrected chi connectivity index (χ2v) is 4.09. The summed E-state index contributed by atoms with van der Waals surface area (Å²) in [5, 5.41) is 9.20. The molecule has 15 heavy (non-hydrogen) atoms. The molecule has 5 nitrogen and oxygen atoms in total. The van der Waals surface area contributed by atoms with Crippen molar-refractivity contribution in [2.75, 3.05) is 13.2 Å². The highest BCUT2D eigenvalue weighted by Gasteiger charge is 2.48. The fraction of sp³-hybridized carbons (Fsp3) is 0.889. The molecule has 6 heteroatoms. The number of carbonyl (C=O) groups is 1. The summed E-state index contributed by atoms with van der Waals surface area (Å²) in [5.41, 5.74) is 0. The monoisotopic (exact) mass is 236 g/mol. The zero-order chi connectivity index (χ0) is 10.8. The smallest absolute Gasteiger partial charge is 0.433 e. The van der Waals surface area contributed by atoms with Gasteiger partial charge in [-0.1, -0.05) is 0 Å². The first-order chi connectivity index (χ1) is 7.26. The van der Waals surface area contributed by atoms with Crippen LogP contribution in [-0.2, 0) is 13.8 Å². The number of ether oxygens (including phenoxy) is 2. The number of aliphatic hydroxyl groups is 1. The van der Waals surface area contributed by atoms with E-state index in [-0.39, 0.29) is 37.3 Å². The average molecular weight is 237 g/mol. The van der Waals surface area contributed by atoms with Crippen LogP contribution in [0.4, 0.5) is 4.79 Å². The van der Waals surface area contributed by atoms with Gasteiger partial charge in [0.1, 0.15) is 18.5 Å². The lowest BCUT2D eigenvalue weighted by Gasteiger charge is -2.25. The number of halogens is 1. The van der Waals surface area contributed by atoms with Crippen LogP contribution >= 0.6 is 11.9 Å². The van der Waals surface area contributed by atoms with Gasteiger partial charge in [0, 0.05) is 18.4 Å². The van der Waals surface area contributed by atoms with Gasteiger partial charge in [0.15, 0.2) is 0 Å². The normalized spacial score (nSPS) is 38.0. The van der Waals surface area contributed by atoms with E-state index in [0.29, 0.717) is 0 Å². The van der Waals surface area contributed by atoms with Crippen molar-refractivity contribution in [3.63, 3.8) is 0 Å². The van der Waals surface area contributed by atoms with Crippen LogP contribution < -0.4 is 0 Å². The van der Waals surface area contributed by atoms with E-state index in [4.69, 9.17) is 21.3 Å². The largest absolute Gasteiger partial charge is 0.526 e. The van der Waals surface area contributed by atoms with E-state index in [1.807, 2.05) is 0 Å². The van der Waals surface area contributed by atoms with Crippen molar-refractivity contribution < 1.29 is 23.7 Å². The van der Waals surface area contributed by atoms with Crippen LogP contribution in [-0.4, -0.2) is 36.7 Å². The molecule has 2 aliphatic heterocycles. The number of fused-ring (bicyclic) bond motifs is 2. The Hall–Kier alpha value is -0.520. The molecule has 0 saturated carbocycles. The fourth-order valence-corrected chi connectivity index (χ4v) is 2.59. The molecule has 0 amide bonds. The van der Waals surface area contributed by atoms with E-state index < -0.39 is 6.16 Å². The molecule has 4 atom stereocenters. The maximum absolute atomic E-state index is 10.7. The van der Waals surface area contributed by atoms with E-state index in [2.05, 4.69) is 4.29 Å². The van der Waals surface area contributed by atoms with Gasteiger partial charge in [0.25, 0.3) is 0 Å². The van der Waals surface area contributed by atoms with E-state index in [9.17, 15) is 9.90 Å². The summed E-state index contributed by atoms with van der Waals surface area (Å²) in [7, 11) is 0. The molecule has 0 aromatic rings. The van der Waals surface area contributed by atoms with Crippen LogP contribution in [0.2, 0.25) is 0 Å². The molecule has 0 unspecified atom stereocenters. The summed E-state index contributed by atoms with van der Waals surface area (Å²) in [6, 6.07) is 0. The van der Waals surface area contributed by atoms with Crippen molar-refractivity contribution >= 4 is 18.0 Å². The Bertz CT molecular complexity index is 247. The minimum absolute atomic E-state index is 0.0597. The predicted octanol–water partition coefficient (Wildman–Crippen LogP) is 1.08. The van der Waals surface area contributed by atoms with Crippen molar-refractivity contribution in [1.29, 1.82) is 0 Å². The molecule has 0 aromatic carbocycles. The second-order valence-electron chi connectivity index (χ2n) is 3.94. The van der Waals surface area contributed by atoms with Gasteiger partial charge in [-0.05, 0) is 12.8 Å². The molecule has 2 rings (SSSR count). The van der Waals surface area contributed by atoms with E-state index in [1.54, 1.807) is 0 Å². The third-order valence-electron chi connectivity index (χ3n) is 3.26. The number of rotatable bonds is 3. The lowest BCUT2D eigenvalue weighted by Crippen LogP contribution is -2.33. The third kappa shape index (κ3) is 2.04. The minimum Gasteiger partial charge on any atom is -0.433 e. The molecule has 86 valence electrons. The number of hydrogen-bond donors (Lipinski definition) is 1. The summed E-state index contributed by atoms with van der Waals surface area (Å²) >= 11 is 4.83. The van der Waals surface area contributed by atoms with E-state index >= 15 is 0 Å². The Morgan fingerprint density at radius 3 is 2.67 bits per heavy atom. The summed E-state index contributed by atoms with van der Waals surface area (Å²) in [6.07, 6.45) is 1.24. The topological polar surface area (TPSA) is 65.0 Å². The highest BCUT2D eigenvalue weighted by Crippen LogP contribution is 2.43. The minimum atomic E-state index is -0.906. The van der Waals surface area contributed by atoms with Crippen molar-refractivity contribution in [3.8, 4) is 0 Å². The molecule has 2 aliphatic rings. The Kier molecular flexibility index (Phi) is 3.33. The van der Waals surface area contributed by atoms with Crippen molar-refractivity contribution in [1.82, 2.24) is 0 Å². The first-order valence-electron chi connectivity index (χ1n) is 4.98. The summed E-state index contributed by atoms with van der Waals surface area (Å²) in [6.45, 7) is 0.253. The zero-order valence-electron chi connectivity index (χ0n) is 8.10. The SMILES string of the molecule is O=C(OCl)OC[C@@H]1[C@H](CO)[C@@H]2CC[C@H]1O2. The van der Waals surface area contributed by atoms with E-state index in [0.717, 1.165) is 12.8 Å². The molecule has 0 aliphatic carbocycles. The highest BCUT2D eigenvalue weighted by molar-refractivity contribution is 6.12. The Morgan fingerprint density at radius 2 is 2.07 bits per heavy atom. The number of carbonyl (C=O) groups excluding carboxylic acids is 1. The molecule has 2 heterocycles. The standard InChI is InChI=1S/C9H13ClO5/c10-15-9(12)13-4-6-5(3-11)7-1-2-8(6)14-7/h5-8,11H,1-4H2/t5-,6+,7-,8+/m0/s1. The average Bonchev–Trinajstić information content (AvgIpc) is 2.85. The Morgan fingerprint density at radius 1 is 1.40 bits per heavy atom. The van der Waals surface area contributed by atoms with E-state index in [1.165, 1.54) is 0 Å². The molecule has 2 fully saturated rings. The molecular weight excluding hydrogens is 224 g/mol. The van der Waals surface area contributed by atoms with Gasteiger partial charge in [-0.15, -0.1) is 0 Å². The van der Waals surface area contributed by atoms with Crippen LogP contribution in [0.3, 0.4) is 0 Å². The molecule has 0 radical (unpaired) electrons. The van der Waals surface area contributed by atoms with Gasteiger partial charge in [0.2, 0.25) is 0 Å². The number of aliphatic hydroxyl groups excluding tert-OH is 1. The first-order valence-corrected chi connectivity index (χ1v) is 5.28. The maximum Gasteiger partial charge on any atom is 0.526 e. The second kappa shape index (κ2) is 4.55. The molecule has 2 bridgehead atoms. The summed E-state index contributed by atoms with van der Waals surface area (Å²) in [4.78, 5) is 10.7. The summed E-state index contributed by atoms with van der Waals surface area (Å²) in [5.74, 6) is 0.122. The van der Waals surface area contributed by atoms with Gasteiger partial charge in [-0.3, -0.25) is 0 Å². The predicted molar refractivity (Wildman–Crippen MR) is 50.2 cm³/mol. The quantitative estimate of drug-likeness (QED) is 0.743. The lowest BCUT2D eigenvalue weighted by molar-refractivity contribution is 0.0524. The molecule has 2 saturated heterocycles. The van der Waals surface area contributed by atoms with Gasteiger partial charge in [-0.25, -0.2) is 4.79 Å². The third-order valence-corrected chi connectivity index (χ3v) is 3.38. The van der Waals surface area contributed by atoms with Crippen LogP contribution in [0.1, 0.15) is 12.8 Å². The zero-order valence-corrected chi connectivity index (χ0v) is 8.85. The molecular formula is C9H13ClO5. The van der Waals surface area contributed by atoms with Gasteiger partial charge in [-0.2, -0.15) is 0 Å². The molecule has 0 aromatic heterocycles. The van der Waals surface area contributed by atoms with Crippen LogP contribution in [0.15, 0.2) is 0 Å². The van der Waals surface area contributed by atoms with Crippen molar-refractivity contribution in [3.05, 3.63) is 0 Å². The van der Waals surface area contributed by atoms with Crippen molar-refractivity contribution in [2.45, 2.75) is 25.0 Å². The van der Waals surface area contributed by atoms with Gasteiger partial charge < -0.3 is 18.9 Å². The van der Waals surface area contributed by atoms with Crippen molar-refractivity contribution in [2.24, 2.45) is 11.8 Å². The summed E-state index contributed by atoms with van der Waals surface area (Å²) < 4.78 is 14.3. The van der Waals surface area contributed by atoms with Crippen LogP contribution in [0, 0.1) is 11.8 Å². The highest BCUT2D eigenvalue weighted by atomic mass is 35.5.